The third-order valence-corrected chi connectivity index (χ3v) is 4.79. The van der Waals surface area contributed by atoms with Gasteiger partial charge in [-0.1, -0.05) is 41.9 Å². The minimum absolute atomic E-state index is 0.577. The largest absolute Gasteiger partial charge is 0.486 e. The Hall–Kier alpha value is -2.66. The molecule has 1 aliphatic heterocycles. The smallest absolute Gasteiger partial charge is 0.163 e. The quantitative estimate of drug-likeness (QED) is 0.729. The van der Waals surface area contributed by atoms with Crippen LogP contribution < -0.4 is 14.8 Å². The van der Waals surface area contributed by atoms with Crippen molar-refractivity contribution in [3.8, 4) is 11.5 Å². The van der Waals surface area contributed by atoms with Crippen LogP contribution in [-0.4, -0.2) is 23.0 Å². The number of rotatable bonds is 5. The second kappa shape index (κ2) is 7.30. The van der Waals surface area contributed by atoms with E-state index in [9.17, 15) is 0 Å². The molecule has 0 radical (unpaired) electrons. The van der Waals surface area contributed by atoms with Gasteiger partial charge in [0, 0.05) is 23.9 Å². The van der Waals surface area contributed by atoms with Gasteiger partial charge >= 0.3 is 0 Å². The Morgan fingerprint density at radius 3 is 2.65 bits per heavy atom. The first-order valence-corrected chi connectivity index (χ1v) is 8.98. The standard InChI is InChI=1S/C20H20ClN3O2/c1-14-17(20(21)24(23-14)13-15-5-3-2-4-6-15)12-22-16-7-8-18-19(11-16)26-10-9-25-18/h2-8,11,22H,9-10,12-13H2,1H3. The van der Waals surface area contributed by atoms with E-state index in [-0.39, 0.29) is 0 Å². The van der Waals surface area contributed by atoms with Crippen LogP contribution in [0.1, 0.15) is 16.8 Å². The molecule has 1 N–H and O–H groups in total. The van der Waals surface area contributed by atoms with Gasteiger partial charge in [0.05, 0.1) is 12.2 Å². The number of hydrogen-bond acceptors (Lipinski definition) is 4. The lowest BCUT2D eigenvalue weighted by atomic mass is 10.2. The zero-order chi connectivity index (χ0) is 17.9. The van der Waals surface area contributed by atoms with Gasteiger partial charge in [0.25, 0.3) is 0 Å². The zero-order valence-corrected chi connectivity index (χ0v) is 15.3. The van der Waals surface area contributed by atoms with Crippen molar-refractivity contribution in [2.24, 2.45) is 0 Å². The van der Waals surface area contributed by atoms with Crippen LogP contribution >= 0.6 is 11.6 Å². The number of hydrogen-bond donors (Lipinski definition) is 1. The van der Waals surface area contributed by atoms with Crippen LogP contribution in [-0.2, 0) is 13.1 Å². The van der Waals surface area contributed by atoms with E-state index in [0.717, 1.165) is 28.4 Å². The fourth-order valence-corrected chi connectivity index (χ4v) is 3.30. The highest BCUT2D eigenvalue weighted by molar-refractivity contribution is 6.30. The van der Waals surface area contributed by atoms with Gasteiger partial charge in [-0.15, -0.1) is 0 Å². The van der Waals surface area contributed by atoms with Crippen molar-refractivity contribution in [1.29, 1.82) is 0 Å². The second-order valence-electron chi connectivity index (χ2n) is 6.21. The molecule has 2 heterocycles. The first-order chi connectivity index (χ1) is 12.7. The molecule has 0 unspecified atom stereocenters. The van der Waals surface area contributed by atoms with Gasteiger partial charge in [0.15, 0.2) is 11.5 Å². The van der Waals surface area contributed by atoms with Crippen LogP contribution in [0.2, 0.25) is 5.15 Å². The summed E-state index contributed by atoms with van der Waals surface area (Å²) in [5, 5.41) is 8.65. The minimum Gasteiger partial charge on any atom is -0.486 e. The van der Waals surface area contributed by atoms with E-state index in [1.165, 1.54) is 5.56 Å². The van der Waals surface area contributed by atoms with E-state index < -0.39 is 0 Å². The molecule has 0 saturated heterocycles. The molecule has 0 spiro atoms. The number of ether oxygens (including phenoxy) is 2. The first-order valence-electron chi connectivity index (χ1n) is 8.60. The summed E-state index contributed by atoms with van der Waals surface area (Å²) in [5.41, 5.74) is 4.05. The van der Waals surface area contributed by atoms with Gasteiger partial charge in [0.1, 0.15) is 18.4 Å². The summed E-state index contributed by atoms with van der Waals surface area (Å²) in [5.74, 6) is 1.55. The molecule has 26 heavy (non-hydrogen) atoms. The van der Waals surface area contributed by atoms with Crippen LogP contribution in [0.25, 0.3) is 0 Å². The molecule has 6 heteroatoms. The molecular formula is C20H20ClN3O2. The van der Waals surface area contributed by atoms with Crippen molar-refractivity contribution in [2.45, 2.75) is 20.0 Å². The molecule has 0 atom stereocenters. The third-order valence-electron chi connectivity index (χ3n) is 4.37. The van der Waals surface area contributed by atoms with E-state index in [0.29, 0.717) is 31.5 Å². The molecule has 0 aliphatic carbocycles. The number of nitrogens with one attached hydrogen (secondary N) is 1. The summed E-state index contributed by atoms with van der Waals surface area (Å²) in [6.07, 6.45) is 0. The second-order valence-corrected chi connectivity index (χ2v) is 6.57. The van der Waals surface area contributed by atoms with E-state index in [2.05, 4.69) is 22.5 Å². The van der Waals surface area contributed by atoms with Crippen LogP contribution in [0.3, 0.4) is 0 Å². The molecule has 0 amide bonds. The molecule has 4 rings (SSSR count). The summed E-state index contributed by atoms with van der Waals surface area (Å²) in [6.45, 7) is 4.40. The highest BCUT2D eigenvalue weighted by atomic mass is 35.5. The van der Waals surface area contributed by atoms with E-state index >= 15 is 0 Å². The van der Waals surface area contributed by atoms with Crippen LogP contribution in [0.5, 0.6) is 11.5 Å². The Balaban J connectivity index is 1.48. The van der Waals surface area contributed by atoms with Gasteiger partial charge < -0.3 is 14.8 Å². The Bertz CT molecular complexity index is 909. The predicted octanol–water partition coefficient (Wildman–Crippen LogP) is 4.28. The zero-order valence-electron chi connectivity index (χ0n) is 14.5. The van der Waals surface area contributed by atoms with Crippen molar-refractivity contribution in [3.05, 3.63) is 70.5 Å². The average molecular weight is 370 g/mol. The Kier molecular flexibility index (Phi) is 4.71. The number of nitrogens with zero attached hydrogens (tertiary/aromatic N) is 2. The van der Waals surface area contributed by atoms with Crippen LogP contribution in [0.15, 0.2) is 48.5 Å². The molecule has 0 fully saturated rings. The topological polar surface area (TPSA) is 48.3 Å². The number of fused-ring (bicyclic) bond motifs is 1. The molecule has 134 valence electrons. The van der Waals surface area contributed by atoms with Gasteiger partial charge in [-0.2, -0.15) is 5.10 Å². The highest BCUT2D eigenvalue weighted by Gasteiger charge is 2.15. The number of benzene rings is 2. The van der Waals surface area contributed by atoms with E-state index in [1.807, 2.05) is 48.0 Å². The number of aryl methyl sites for hydroxylation is 1. The molecule has 1 aliphatic rings. The summed E-state index contributed by atoms with van der Waals surface area (Å²) in [4.78, 5) is 0. The average Bonchev–Trinajstić information content (AvgIpc) is 2.94. The van der Waals surface area contributed by atoms with Crippen molar-refractivity contribution in [1.82, 2.24) is 9.78 Å². The van der Waals surface area contributed by atoms with E-state index in [1.54, 1.807) is 0 Å². The lowest BCUT2D eigenvalue weighted by Crippen LogP contribution is -2.15. The Morgan fingerprint density at radius 2 is 1.85 bits per heavy atom. The maximum Gasteiger partial charge on any atom is 0.163 e. The normalized spacial score (nSPS) is 12.8. The maximum atomic E-state index is 6.58. The minimum atomic E-state index is 0.577. The van der Waals surface area contributed by atoms with Gasteiger partial charge in [-0.3, -0.25) is 0 Å². The molecule has 0 saturated carbocycles. The van der Waals surface area contributed by atoms with Crippen molar-refractivity contribution >= 4 is 17.3 Å². The van der Waals surface area contributed by atoms with Crippen molar-refractivity contribution in [3.63, 3.8) is 0 Å². The van der Waals surface area contributed by atoms with Crippen molar-refractivity contribution < 1.29 is 9.47 Å². The SMILES string of the molecule is Cc1nn(Cc2ccccc2)c(Cl)c1CNc1ccc2c(c1)OCCO2. The van der Waals surface area contributed by atoms with Gasteiger partial charge in [-0.25, -0.2) is 4.68 Å². The number of anilines is 1. The maximum absolute atomic E-state index is 6.58. The van der Waals surface area contributed by atoms with Crippen LogP contribution in [0, 0.1) is 6.92 Å². The van der Waals surface area contributed by atoms with Crippen LogP contribution in [0.4, 0.5) is 5.69 Å². The van der Waals surface area contributed by atoms with E-state index in [4.69, 9.17) is 21.1 Å². The third kappa shape index (κ3) is 3.48. The Labute approximate surface area is 157 Å². The predicted molar refractivity (Wildman–Crippen MR) is 102 cm³/mol. The lowest BCUT2D eigenvalue weighted by molar-refractivity contribution is 0.171. The fraction of sp³-hybridized carbons (Fsp3) is 0.250. The monoisotopic (exact) mass is 369 g/mol. The first kappa shape index (κ1) is 16.8. The molecule has 0 bridgehead atoms. The summed E-state index contributed by atoms with van der Waals surface area (Å²) < 4.78 is 13.0. The molecule has 1 aromatic heterocycles. The number of aromatic nitrogens is 2. The summed E-state index contributed by atoms with van der Waals surface area (Å²) >= 11 is 6.58. The molecule has 5 nitrogen and oxygen atoms in total. The molecular weight excluding hydrogens is 350 g/mol. The molecule has 3 aromatic rings. The fourth-order valence-electron chi connectivity index (χ4n) is 3.00. The van der Waals surface area contributed by atoms with Gasteiger partial charge in [0.2, 0.25) is 0 Å². The molecule has 2 aromatic carbocycles. The highest BCUT2D eigenvalue weighted by Crippen LogP contribution is 2.33. The van der Waals surface area contributed by atoms with Gasteiger partial charge in [-0.05, 0) is 24.6 Å². The summed E-state index contributed by atoms with van der Waals surface area (Å²) in [6, 6.07) is 16.0. The summed E-state index contributed by atoms with van der Waals surface area (Å²) in [7, 11) is 0. The van der Waals surface area contributed by atoms with Crippen molar-refractivity contribution in [2.75, 3.05) is 18.5 Å². The lowest BCUT2D eigenvalue weighted by Gasteiger charge is -2.19. The number of halogens is 1. The Morgan fingerprint density at radius 1 is 1.08 bits per heavy atom.